The quantitative estimate of drug-likeness (QED) is 0.416. The normalized spacial score (nSPS) is 24.6. The summed E-state index contributed by atoms with van der Waals surface area (Å²) in [5.41, 5.74) is 5.88. The number of primary amides is 1. The maximum atomic E-state index is 11.6. The van der Waals surface area contributed by atoms with Gasteiger partial charge in [-0.1, -0.05) is 38.5 Å². The van der Waals surface area contributed by atoms with Crippen LogP contribution in [0, 0.1) is 0 Å². The van der Waals surface area contributed by atoms with Gasteiger partial charge < -0.3 is 26.0 Å². The van der Waals surface area contributed by atoms with Gasteiger partial charge in [0.1, 0.15) is 18.5 Å². The van der Waals surface area contributed by atoms with E-state index in [2.05, 4.69) is 30.4 Å². The molecular weight excluding hydrogens is 442 g/mol. The highest BCUT2D eigenvalue weighted by Crippen LogP contribution is 2.38. The van der Waals surface area contributed by atoms with E-state index in [0.717, 1.165) is 0 Å². The molecule has 0 spiro atoms. The zero-order valence-corrected chi connectivity index (χ0v) is 19.3. The van der Waals surface area contributed by atoms with Gasteiger partial charge in [-0.05, 0) is 6.92 Å². The monoisotopic (exact) mass is 473 g/mol. The van der Waals surface area contributed by atoms with Gasteiger partial charge in [0, 0.05) is 13.6 Å². The fourth-order valence-electron chi connectivity index (χ4n) is 4.14. The van der Waals surface area contributed by atoms with Crippen LogP contribution in [0.4, 0.5) is 5.82 Å². The number of aromatic nitrogens is 7. The molecule has 4 heterocycles. The van der Waals surface area contributed by atoms with E-state index in [1.165, 1.54) is 55.7 Å². The molecular formula is C21H31N9O4. The second-order valence-corrected chi connectivity index (χ2v) is 8.34. The lowest BCUT2D eigenvalue weighted by Crippen LogP contribution is -2.29. The van der Waals surface area contributed by atoms with Gasteiger partial charge in [-0.2, -0.15) is 5.10 Å². The molecule has 0 unspecified atom stereocenters. The van der Waals surface area contributed by atoms with E-state index in [1.807, 2.05) is 6.92 Å². The Kier molecular flexibility index (Phi) is 7.34. The van der Waals surface area contributed by atoms with Gasteiger partial charge in [-0.3, -0.25) is 14.0 Å². The molecule has 0 bridgehead atoms. The number of nitrogens with one attached hydrogen (secondary N) is 1. The van der Waals surface area contributed by atoms with Gasteiger partial charge >= 0.3 is 0 Å². The largest absolute Gasteiger partial charge is 0.387 e. The molecule has 3 aromatic heterocycles. The second-order valence-electron chi connectivity index (χ2n) is 8.34. The number of nitrogens with two attached hydrogens (primary N) is 1. The highest BCUT2D eigenvalue weighted by atomic mass is 16.6. The molecule has 13 nitrogen and oxygen atoms in total. The minimum Gasteiger partial charge on any atom is -0.387 e. The van der Waals surface area contributed by atoms with Crippen LogP contribution in [0.25, 0.3) is 11.2 Å². The molecule has 3 aromatic rings. The summed E-state index contributed by atoms with van der Waals surface area (Å²) in [5.74, 6) is -0.480. The van der Waals surface area contributed by atoms with Crippen LogP contribution in [0.5, 0.6) is 0 Å². The first-order chi connectivity index (χ1) is 16.4. The summed E-state index contributed by atoms with van der Waals surface area (Å²) in [5, 5.41) is 28.1. The van der Waals surface area contributed by atoms with Crippen LogP contribution in [0.1, 0.15) is 74.2 Å². The van der Waals surface area contributed by atoms with E-state index < -0.39 is 30.4 Å². The Labute approximate surface area is 196 Å². The van der Waals surface area contributed by atoms with Crippen molar-refractivity contribution in [2.75, 3.05) is 12.4 Å². The van der Waals surface area contributed by atoms with Crippen LogP contribution < -0.4 is 11.1 Å². The third kappa shape index (κ3) is 4.72. The van der Waals surface area contributed by atoms with Crippen molar-refractivity contribution in [2.24, 2.45) is 5.73 Å². The Bertz CT molecular complexity index is 1120. The molecule has 1 aliphatic heterocycles. The number of imidazole rings is 1. The fraction of sp³-hybridized carbons (Fsp3) is 0.619. The first-order valence-corrected chi connectivity index (χ1v) is 11.6. The summed E-state index contributed by atoms with van der Waals surface area (Å²) in [6.07, 6.45) is 7.36. The van der Waals surface area contributed by atoms with Gasteiger partial charge in [-0.25, -0.2) is 19.9 Å². The molecule has 5 N–H and O–H groups in total. The minimum atomic E-state index is -1.30. The fourth-order valence-corrected chi connectivity index (χ4v) is 4.14. The van der Waals surface area contributed by atoms with Crippen molar-refractivity contribution in [2.45, 2.75) is 76.5 Å². The zero-order chi connectivity index (χ0) is 24.2. The molecule has 1 aliphatic carbocycles. The summed E-state index contributed by atoms with van der Waals surface area (Å²) in [4.78, 5) is 28.1. The topological polar surface area (TPSA) is 179 Å². The number of hydrogen-bond acceptors (Lipinski definition) is 10. The minimum absolute atomic E-state index is 0.216. The Balaban J connectivity index is 0.000000398. The molecule has 34 heavy (non-hydrogen) atoms. The number of aliphatic hydroxyl groups excluding tert-OH is 2. The van der Waals surface area contributed by atoms with E-state index in [9.17, 15) is 15.0 Å². The zero-order valence-electron chi connectivity index (χ0n) is 19.3. The third-order valence-corrected chi connectivity index (χ3v) is 6.02. The smallest absolute Gasteiger partial charge is 0.286 e. The van der Waals surface area contributed by atoms with Crippen molar-refractivity contribution in [3.63, 3.8) is 0 Å². The van der Waals surface area contributed by atoms with Gasteiger partial charge in [0.25, 0.3) is 5.91 Å². The number of anilines is 1. The van der Waals surface area contributed by atoms with Crippen molar-refractivity contribution in [1.82, 2.24) is 34.3 Å². The summed E-state index contributed by atoms with van der Waals surface area (Å²) in [6.45, 7) is 2.50. The Hall–Kier alpha value is -3.16. The van der Waals surface area contributed by atoms with Gasteiger partial charge in [0.2, 0.25) is 5.82 Å². The maximum Gasteiger partial charge on any atom is 0.286 e. The van der Waals surface area contributed by atoms with E-state index in [4.69, 9.17) is 10.5 Å². The van der Waals surface area contributed by atoms with Crippen molar-refractivity contribution in [3.8, 4) is 0 Å². The van der Waals surface area contributed by atoms with Gasteiger partial charge in [0.05, 0.1) is 6.33 Å². The van der Waals surface area contributed by atoms with E-state index in [0.29, 0.717) is 17.9 Å². The molecule has 4 atom stereocenters. The number of hydrogen-bond donors (Lipinski definition) is 4. The van der Waals surface area contributed by atoms with Crippen molar-refractivity contribution < 1.29 is 19.7 Å². The number of aliphatic hydroxyl groups is 2. The first kappa shape index (κ1) is 24.0. The molecule has 0 radical (unpaired) electrons. The summed E-state index contributed by atoms with van der Waals surface area (Å²) in [6, 6.07) is 0. The predicted molar refractivity (Wildman–Crippen MR) is 122 cm³/mol. The lowest BCUT2D eigenvalue weighted by molar-refractivity contribution is -0.0383. The molecule has 2 aliphatic rings. The average Bonchev–Trinajstić information content (AvgIpc) is 3.58. The SMILES string of the molecule is C1CCCCC1.CCn1cnc([C@H]2O[C@@H](n3cnc4c(NC)nc(C(N)=O)nc43)[C@H](O)[C@@H]2O)n1. The average molecular weight is 474 g/mol. The van der Waals surface area contributed by atoms with E-state index >= 15 is 0 Å². The molecule has 13 heteroatoms. The standard InChI is InChI=1S/C15H19N9O4.C6H12/c1-3-23-4-19-12(22-23)9-7(25)8(26)15(28-9)24-5-18-6-11(17-2)20-13(10(16)27)21-14(6)24;1-2-4-6-5-3-1/h4-5,7-9,15,25-26H,3H2,1-2H3,(H2,16,27)(H,17,20,21);1-6H2/t7-,8+,9-,15+;/m0./s1. The van der Waals surface area contributed by atoms with E-state index in [-0.39, 0.29) is 17.3 Å². The number of rotatable bonds is 5. The number of aryl methyl sites for hydroxylation is 1. The highest BCUT2D eigenvalue weighted by molar-refractivity contribution is 5.93. The lowest BCUT2D eigenvalue weighted by Gasteiger charge is -2.16. The Morgan fingerprint density at radius 1 is 1.12 bits per heavy atom. The molecule has 1 saturated carbocycles. The summed E-state index contributed by atoms with van der Waals surface area (Å²) in [7, 11) is 1.61. The Morgan fingerprint density at radius 3 is 2.35 bits per heavy atom. The van der Waals surface area contributed by atoms with Crippen LogP contribution >= 0.6 is 0 Å². The van der Waals surface area contributed by atoms with E-state index in [1.54, 1.807) is 11.7 Å². The number of carbonyl (C=O) groups excluding carboxylic acids is 1. The number of amides is 1. The third-order valence-electron chi connectivity index (χ3n) is 6.02. The van der Waals surface area contributed by atoms with Crippen LogP contribution in [0.3, 0.4) is 0 Å². The molecule has 0 aromatic carbocycles. The molecule has 1 amide bonds. The number of carbonyl (C=O) groups is 1. The van der Waals surface area contributed by atoms with Crippen LogP contribution in [0.2, 0.25) is 0 Å². The van der Waals surface area contributed by atoms with Crippen molar-refractivity contribution in [1.29, 1.82) is 0 Å². The van der Waals surface area contributed by atoms with Gasteiger partial charge in [0.15, 0.2) is 35.1 Å². The summed E-state index contributed by atoms with van der Waals surface area (Å²) < 4.78 is 8.84. The lowest BCUT2D eigenvalue weighted by atomic mass is 10.0. The highest BCUT2D eigenvalue weighted by Gasteiger charge is 2.46. The molecule has 184 valence electrons. The molecule has 1 saturated heterocycles. The number of ether oxygens (including phenoxy) is 1. The molecule has 2 fully saturated rings. The van der Waals surface area contributed by atoms with Crippen LogP contribution in [0.15, 0.2) is 12.7 Å². The maximum absolute atomic E-state index is 11.6. The van der Waals surface area contributed by atoms with Gasteiger partial charge in [-0.15, -0.1) is 0 Å². The van der Waals surface area contributed by atoms with Crippen LogP contribution in [-0.2, 0) is 11.3 Å². The summed E-state index contributed by atoms with van der Waals surface area (Å²) >= 11 is 0. The van der Waals surface area contributed by atoms with Crippen molar-refractivity contribution in [3.05, 3.63) is 24.3 Å². The van der Waals surface area contributed by atoms with Crippen LogP contribution in [-0.4, -0.2) is 69.7 Å². The first-order valence-electron chi connectivity index (χ1n) is 11.6. The predicted octanol–water partition coefficient (Wildman–Crippen LogP) is 0.911. The van der Waals surface area contributed by atoms with Crippen molar-refractivity contribution >= 4 is 22.9 Å². The Morgan fingerprint density at radius 2 is 1.79 bits per heavy atom. The second kappa shape index (κ2) is 10.4. The molecule has 5 rings (SSSR count). The number of nitrogens with zero attached hydrogens (tertiary/aromatic N) is 7. The number of fused-ring (bicyclic) bond motifs is 1.